The number of methoxy groups -OCH3 is 2. The number of sulfonamides is 1. The molecule has 1 unspecified atom stereocenters. The van der Waals surface area contributed by atoms with Crippen molar-refractivity contribution in [2.45, 2.75) is 17.9 Å². The van der Waals surface area contributed by atoms with E-state index in [1.54, 1.807) is 19.1 Å². The Hall–Kier alpha value is -1.15. The van der Waals surface area contributed by atoms with Crippen LogP contribution in [0.1, 0.15) is 5.56 Å². The Bertz CT molecular complexity index is 496. The molecule has 108 valence electrons. The number of benzene rings is 1. The molecule has 0 fully saturated rings. The van der Waals surface area contributed by atoms with Gasteiger partial charge in [-0.3, -0.25) is 0 Å². The van der Waals surface area contributed by atoms with Gasteiger partial charge >= 0.3 is 0 Å². The van der Waals surface area contributed by atoms with E-state index >= 15 is 0 Å². The Labute approximate surface area is 113 Å². The van der Waals surface area contributed by atoms with E-state index in [1.807, 2.05) is 0 Å². The van der Waals surface area contributed by atoms with Crippen LogP contribution in [0.25, 0.3) is 0 Å². The Kier molecular flexibility index (Phi) is 5.74. The van der Waals surface area contributed by atoms with Crippen LogP contribution < -0.4 is 10.5 Å². The molecule has 0 bridgehead atoms. The van der Waals surface area contributed by atoms with E-state index in [0.717, 1.165) is 5.56 Å². The molecule has 1 atom stereocenters. The predicted octanol–water partition coefficient (Wildman–Crippen LogP) is 0.517. The fourth-order valence-electron chi connectivity index (χ4n) is 1.61. The van der Waals surface area contributed by atoms with Gasteiger partial charge < -0.3 is 15.2 Å². The third-order valence-electron chi connectivity index (χ3n) is 2.57. The van der Waals surface area contributed by atoms with E-state index in [1.165, 1.54) is 20.3 Å². The van der Waals surface area contributed by atoms with Gasteiger partial charge in [0, 0.05) is 26.5 Å². The van der Waals surface area contributed by atoms with Crippen LogP contribution in [-0.2, 0) is 19.5 Å². The van der Waals surface area contributed by atoms with Gasteiger partial charge in [0.05, 0.1) is 17.6 Å². The van der Waals surface area contributed by atoms with Gasteiger partial charge in [0.15, 0.2) is 0 Å². The highest BCUT2D eigenvalue weighted by Gasteiger charge is 2.17. The van der Waals surface area contributed by atoms with Crippen LogP contribution in [0, 0.1) is 6.92 Å². The minimum absolute atomic E-state index is 0.139. The molecule has 0 radical (unpaired) electrons. The summed E-state index contributed by atoms with van der Waals surface area (Å²) in [5.74, 6) is 0. The normalized spacial score (nSPS) is 13.4. The second kappa shape index (κ2) is 6.85. The summed E-state index contributed by atoms with van der Waals surface area (Å²) in [6.07, 6.45) is -0.332. The molecule has 3 N–H and O–H groups in total. The molecule has 19 heavy (non-hydrogen) atoms. The van der Waals surface area contributed by atoms with E-state index in [0.29, 0.717) is 12.3 Å². The first-order chi connectivity index (χ1) is 8.89. The molecule has 0 aliphatic carbocycles. The summed E-state index contributed by atoms with van der Waals surface area (Å²) in [7, 11) is -0.562. The number of ether oxygens (including phenoxy) is 2. The lowest BCUT2D eigenvalue weighted by Crippen LogP contribution is -2.35. The van der Waals surface area contributed by atoms with E-state index < -0.39 is 10.0 Å². The summed E-state index contributed by atoms with van der Waals surface area (Å²) in [4.78, 5) is 0.150. The minimum atomic E-state index is -3.59. The summed E-state index contributed by atoms with van der Waals surface area (Å²) in [5.41, 5.74) is 6.86. The number of nitrogen functional groups attached to an aromatic ring is 1. The molecule has 0 spiro atoms. The summed E-state index contributed by atoms with van der Waals surface area (Å²) in [6.45, 7) is 2.24. The second-order valence-corrected chi connectivity index (χ2v) is 6.01. The Morgan fingerprint density at radius 1 is 1.32 bits per heavy atom. The first-order valence-electron chi connectivity index (χ1n) is 5.77. The van der Waals surface area contributed by atoms with Crippen molar-refractivity contribution in [3.05, 3.63) is 23.8 Å². The molecule has 0 aliphatic heterocycles. The third kappa shape index (κ3) is 4.79. The first kappa shape index (κ1) is 15.9. The monoisotopic (exact) mass is 288 g/mol. The lowest BCUT2D eigenvalue weighted by atomic mass is 10.2. The molecular formula is C12H20N2O4S. The van der Waals surface area contributed by atoms with Crippen molar-refractivity contribution < 1.29 is 17.9 Å². The maximum absolute atomic E-state index is 12.1. The number of hydrogen-bond acceptors (Lipinski definition) is 5. The highest BCUT2D eigenvalue weighted by Crippen LogP contribution is 2.16. The fraction of sp³-hybridized carbons (Fsp3) is 0.500. The topological polar surface area (TPSA) is 90.7 Å². The zero-order valence-electron chi connectivity index (χ0n) is 11.3. The molecule has 0 aromatic heterocycles. The summed E-state index contributed by atoms with van der Waals surface area (Å²) in [6, 6.07) is 4.70. The van der Waals surface area contributed by atoms with Crippen LogP contribution >= 0.6 is 0 Å². The molecule has 0 saturated carbocycles. The average molecular weight is 288 g/mol. The van der Waals surface area contributed by atoms with Gasteiger partial charge in [-0.25, -0.2) is 13.1 Å². The zero-order valence-corrected chi connectivity index (χ0v) is 12.2. The minimum Gasteiger partial charge on any atom is -0.399 e. The Morgan fingerprint density at radius 2 is 2.00 bits per heavy atom. The van der Waals surface area contributed by atoms with Gasteiger partial charge in [-0.2, -0.15) is 0 Å². The van der Waals surface area contributed by atoms with Gasteiger partial charge in [0.2, 0.25) is 10.0 Å². The van der Waals surface area contributed by atoms with E-state index in [-0.39, 0.29) is 17.5 Å². The fourth-order valence-corrected chi connectivity index (χ4v) is 2.82. The second-order valence-electron chi connectivity index (χ2n) is 4.24. The van der Waals surface area contributed by atoms with Gasteiger partial charge in [0.25, 0.3) is 0 Å². The standard InChI is InChI=1S/C12H20N2O4S/c1-9-4-10(13)6-12(5-9)19(15,16)14-7-11(18-3)8-17-2/h4-6,11,14H,7-8,13H2,1-3H3. The van der Waals surface area contributed by atoms with Crippen LogP contribution in [0.15, 0.2) is 23.1 Å². The highest BCUT2D eigenvalue weighted by molar-refractivity contribution is 7.89. The van der Waals surface area contributed by atoms with Gasteiger partial charge in [-0.05, 0) is 30.7 Å². The van der Waals surface area contributed by atoms with Crippen molar-refractivity contribution >= 4 is 15.7 Å². The van der Waals surface area contributed by atoms with Crippen LogP contribution in [0.2, 0.25) is 0 Å². The summed E-state index contributed by atoms with van der Waals surface area (Å²) >= 11 is 0. The van der Waals surface area contributed by atoms with E-state index in [9.17, 15) is 8.42 Å². The maximum Gasteiger partial charge on any atom is 0.240 e. The molecule has 7 heteroatoms. The zero-order chi connectivity index (χ0) is 14.5. The molecule has 1 aromatic carbocycles. The van der Waals surface area contributed by atoms with Crippen molar-refractivity contribution in [2.75, 3.05) is 33.1 Å². The van der Waals surface area contributed by atoms with Crippen LogP contribution in [0.3, 0.4) is 0 Å². The number of rotatable bonds is 7. The van der Waals surface area contributed by atoms with Crippen LogP contribution in [-0.4, -0.2) is 41.9 Å². The number of nitrogens with two attached hydrogens (primary N) is 1. The van der Waals surface area contributed by atoms with E-state index in [4.69, 9.17) is 15.2 Å². The van der Waals surface area contributed by atoms with Crippen molar-refractivity contribution in [1.29, 1.82) is 0 Å². The van der Waals surface area contributed by atoms with Gasteiger partial charge in [0.1, 0.15) is 0 Å². The smallest absolute Gasteiger partial charge is 0.240 e. The lowest BCUT2D eigenvalue weighted by molar-refractivity contribution is 0.0320. The molecule has 6 nitrogen and oxygen atoms in total. The van der Waals surface area contributed by atoms with Crippen molar-refractivity contribution in [2.24, 2.45) is 0 Å². The summed E-state index contributed by atoms with van der Waals surface area (Å²) < 4.78 is 36.7. The van der Waals surface area contributed by atoms with E-state index in [2.05, 4.69) is 4.72 Å². The molecule has 1 rings (SSSR count). The maximum atomic E-state index is 12.1. The first-order valence-corrected chi connectivity index (χ1v) is 7.26. The number of anilines is 1. The lowest BCUT2D eigenvalue weighted by Gasteiger charge is -2.15. The van der Waals surface area contributed by atoms with Crippen molar-refractivity contribution in [3.63, 3.8) is 0 Å². The number of aryl methyl sites for hydroxylation is 1. The SMILES string of the molecule is COCC(CNS(=O)(=O)c1cc(C)cc(N)c1)OC. The molecule has 0 amide bonds. The quantitative estimate of drug-likeness (QED) is 0.714. The summed E-state index contributed by atoms with van der Waals surface area (Å²) in [5, 5.41) is 0. The highest BCUT2D eigenvalue weighted by atomic mass is 32.2. The van der Waals surface area contributed by atoms with Crippen LogP contribution in [0.4, 0.5) is 5.69 Å². The van der Waals surface area contributed by atoms with Gasteiger partial charge in [-0.15, -0.1) is 0 Å². The Morgan fingerprint density at radius 3 is 2.53 bits per heavy atom. The molecular weight excluding hydrogens is 268 g/mol. The largest absolute Gasteiger partial charge is 0.399 e. The third-order valence-corrected chi connectivity index (χ3v) is 3.97. The van der Waals surface area contributed by atoms with Crippen molar-refractivity contribution in [1.82, 2.24) is 4.72 Å². The number of nitrogens with one attached hydrogen (secondary N) is 1. The molecule has 0 saturated heterocycles. The molecule has 0 aliphatic rings. The van der Waals surface area contributed by atoms with Crippen LogP contribution in [0.5, 0.6) is 0 Å². The molecule has 0 heterocycles. The average Bonchev–Trinajstić information content (AvgIpc) is 2.33. The number of hydrogen-bond donors (Lipinski definition) is 2. The van der Waals surface area contributed by atoms with Crippen molar-refractivity contribution in [3.8, 4) is 0 Å². The Balaban J connectivity index is 2.80. The molecule has 1 aromatic rings. The van der Waals surface area contributed by atoms with Gasteiger partial charge in [-0.1, -0.05) is 0 Å². The predicted molar refractivity (Wildman–Crippen MR) is 73.5 cm³/mol.